The zero-order valence-electron chi connectivity index (χ0n) is 11.6. The smallest absolute Gasteiger partial charge is 0.250 e. The minimum atomic E-state index is -0.157. The Balaban J connectivity index is 1.73. The van der Waals surface area contributed by atoms with E-state index in [9.17, 15) is 4.79 Å². The molecule has 1 amide bonds. The van der Waals surface area contributed by atoms with Gasteiger partial charge in [0.1, 0.15) is 0 Å². The molecule has 0 radical (unpaired) electrons. The molecule has 0 aromatic heterocycles. The Hall–Kier alpha value is -1.49. The summed E-state index contributed by atoms with van der Waals surface area (Å²) < 4.78 is 0. The molecule has 2 aromatic carbocycles. The average molecular weight is 353 g/mol. The van der Waals surface area contributed by atoms with Gasteiger partial charge in [0.15, 0.2) is 0 Å². The van der Waals surface area contributed by atoms with Crippen LogP contribution in [0.4, 0.5) is 0 Å². The van der Waals surface area contributed by atoms with Crippen LogP contribution in [0.25, 0.3) is 0 Å². The van der Waals surface area contributed by atoms with Crippen molar-refractivity contribution in [2.24, 2.45) is 5.10 Å². The summed E-state index contributed by atoms with van der Waals surface area (Å²) in [6, 6.07) is 14.8. The van der Waals surface area contributed by atoms with Crippen molar-refractivity contribution in [3.8, 4) is 0 Å². The summed E-state index contributed by atoms with van der Waals surface area (Å²) in [5.41, 5.74) is 4.33. The van der Waals surface area contributed by atoms with E-state index in [0.717, 1.165) is 16.1 Å². The van der Waals surface area contributed by atoms with Gasteiger partial charge in [-0.05, 0) is 29.3 Å². The third-order valence-electron chi connectivity index (χ3n) is 2.70. The zero-order valence-corrected chi connectivity index (χ0v) is 14.0. The Morgan fingerprint density at radius 1 is 1.18 bits per heavy atom. The molecule has 0 unspecified atom stereocenters. The van der Waals surface area contributed by atoms with E-state index in [1.165, 1.54) is 11.8 Å². The summed E-state index contributed by atoms with van der Waals surface area (Å²) in [4.78, 5) is 11.7. The fourth-order valence-corrected chi connectivity index (χ4v) is 2.97. The molecular formula is C16H14Cl2N2OS. The highest BCUT2D eigenvalue weighted by Crippen LogP contribution is 2.20. The maximum atomic E-state index is 11.7. The number of carbonyl (C=O) groups is 1. The number of carbonyl (C=O) groups excluding carboxylic acids is 1. The van der Waals surface area contributed by atoms with Gasteiger partial charge >= 0.3 is 0 Å². The van der Waals surface area contributed by atoms with Gasteiger partial charge in [-0.3, -0.25) is 4.79 Å². The molecule has 0 aliphatic rings. The molecule has 3 nitrogen and oxygen atoms in total. The fraction of sp³-hybridized carbons (Fsp3) is 0.125. The fourth-order valence-electron chi connectivity index (χ4n) is 1.67. The molecule has 114 valence electrons. The molecule has 0 atom stereocenters. The number of nitrogens with one attached hydrogen (secondary N) is 1. The number of rotatable bonds is 6. The van der Waals surface area contributed by atoms with Crippen molar-refractivity contribution in [3.05, 3.63) is 69.7 Å². The molecule has 0 spiro atoms. The lowest BCUT2D eigenvalue weighted by atomic mass is 10.2. The van der Waals surface area contributed by atoms with Crippen LogP contribution in [0.1, 0.15) is 11.1 Å². The van der Waals surface area contributed by atoms with Gasteiger partial charge in [0, 0.05) is 15.8 Å². The van der Waals surface area contributed by atoms with Crippen LogP contribution in [-0.2, 0) is 10.5 Å². The number of thioether (sulfide) groups is 1. The summed E-state index contributed by atoms with van der Waals surface area (Å²) in [6.07, 6.45) is 1.56. The Kier molecular flexibility index (Phi) is 6.77. The number of amides is 1. The van der Waals surface area contributed by atoms with Crippen molar-refractivity contribution >= 4 is 47.1 Å². The first-order valence-corrected chi connectivity index (χ1v) is 8.45. The van der Waals surface area contributed by atoms with Crippen molar-refractivity contribution in [3.63, 3.8) is 0 Å². The van der Waals surface area contributed by atoms with E-state index in [4.69, 9.17) is 23.2 Å². The predicted molar refractivity (Wildman–Crippen MR) is 94.8 cm³/mol. The lowest BCUT2D eigenvalue weighted by Crippen LogP contribution is -2.19. The Labute approximate surface area is 143 Å². The lowest BCUT2D eigenvalue weighted by Gasteiger charge is -2.03. The van der Waals surface area contributed by atoms with Crippen LogP contribution in [0.2, 0.25) is 10.0 Å². The van der Waals surface area contributed by atoms with Gasteiger partial charge in [0.25, 0.3) is 0 Å². The number of hydrazone groups is 1. The SMILES string of the molecule is O=C(CSCc1ccccc1Cl)N/N=C/c1cccc(Cl)c1. The predicted octanol–water partition coefficient (Wildman–Crippen LogP) is 4.38. The van der Waals surface area contributed by atoms with Crippen LogP contribution >= 0.6 is 35.0 Å². The van der Waals surface area contributed by atoms with Crippen LogP contribution in [0, 0.1) is 0 Å². The van der Waals surface area contributed by atoms with Gasteiger partial charge in [-0.2, -0.15) is 5.10 Å². The Bertz CT molecular complexity index is 677. The molecule has 22 heavy (non-hydrogen) atoms. The average Bonchev–Trinajstić information content (AvgIpc) is 2.49. The second-order valence-electron chi connectivity index (χ2n) is 4.43. The first-order chi connectivity index (χ1) is 10.6. The van der Waals surface area contributed by atoms with Crippen molar-refractivity contribution in [2.45, 2.75) is 5.75 Å². The van der Waals surface area contributed by atoms with E-state index in [1.807, 2.05) is 36.4 Å². The van der Waals surface area contributed by atoms with Gasteiger partial charge < -0.3 is 0 Å². The van der Waals surface area contributed by atoms with E-state index < -0.39 is 0 Å². The molecule has 1 N–H and O–H groups in total. The van der Waals surface area contributed by atoms with Crippen LogP contribution in [0.3, 0.4) is 0 Å². The Morgan fingerprint density at radius 2 is 2.00 bits per heavy atom. The molecule has 2 rings (SSSR count). The first-order valence-electron chi connectivity index (χ1n) is 6.54. The van der Waals surface area contributed by atoms with Crippen LogP contribution in [0.5, 0.6) is 0 Å². The van der Waals surface area contributed by atoms with Gasteiger partial charge in [0.2, 0.25) is 5.91 Å². The Morgan fingerprint density at radius 3 is 2.77 bits per heavy atom. The quantitative estimate of drug-likeness (QED) is 0.619. The number of hydrogen-bond acceptors (Lipinski definition) is 3. The minimum Gasteiger partial charge on any atom is -0.272 e. The molecule has 0 aliphatic heterocycles. The number of nitrogens with zero attached hydrogens (tertiary/aromatic N) is 1. The maximum Gasteiger partial charge on any atom is 0.250 e. The summed E-state index contributed by atoms with van der Waals surface area (Å²) in [6.45, 7) is 0. The summed E-state index contributed by atoms with van der Waals surface area (Å²) >= 11 is 13.4. The van der Waals surface area contributed by atoms with Crippen molar-refractivity contribution in [1.82, 2.24) is 5.43 Å². The van der Waals surface area contributed by atoms with Crippen LogP contribution in [-0.4, -0.2) is 17.9 Å². The highest BCUT2D eigenvalue weighted by atomic mass is 35.5. The maximum absolute atomic E-state index is 11.7. The second-order valence-corrected chi connectivity index (χ2v) is 6.26. The minimum absolute atomic E-state index is 0.157. The number of halogens is 2. The van der Waals surface area contributed by atoms with Gasteiger partial charge in [0.05, 0.1) is 12.0 Å². The highest BCUT2D eigenvalue weighted by Gasteiger charge is 2.03. The topological polar surface area (TPSA) is 41.5 Å². The van der Waals surface area contributed by atoms with Gasteiger partial charge in [-0.15, -0.1) is 11.8 Å². The highest BCUT2D eigenvalue weighted by molar-refractivity contribution is 7.99. The molecular weight excluding hydrogens is 339 g/mol. The van der Waals surface area contributed by atoms with E-state index in [1.54, 1.807) is 18.3 Å². The third-order valence-corrected chi connectivity index (χ3v) is 4.29. The molecule has 6 heteroatoms. The van der Waals surface area contributed by atoms with Crippen LogP contribution < -0.4 is 5.43 Å². The molecule has 0 aliphatic carbocycles. The molecule has 0 saturated heterocycles. The largest absolute Gasteiger partial charge is 0.272 e. The second kappa shape index (κ2) is 8.83. The van der Waals surface area contributed by atoms with Crippen LogP contribution in [0.15, 0.2) is 53.6 Å². The normalized spacial score (nSPS) is 10.8. The molecule has 0 saturated carbocycles. The van der Waals surface area contributed by atoms with Crippen molar-refractivity contribution < 1.29 is 4.79 Å². The first kappa shape index (κ1) is 16.9. The van der Waals surface area contributed by atoms with Crippen molar-refractivity contribution in [2.75, 3.05) is 5.75 Å². The standard InChI is InChI=1S/C16H14Cl2N2OS/c17-14-6-3-4-12(8-14)9-19-20-16(21)11-22-10-13-5-1-2-7-15(13)18/h1-9H,10-11H2,(H,20,21)/b19-9+. The molecule has 0 heterocycles. The lowest BCUT2D eigenvalue weighted by molar-refractivity contribution is -0.118. The van der Waals surface area contributed by atoms with E-state index >= 15 is 0 Å². The van der Waals surface area contributed by atoms with E-state index in [0.29, 0.717) is 16.5 Å². The van der Waals surface area contributed by atoms with Gasteiger partial charge in [-0.1, -0.05) is 53.5 Å². The number of hydrogen-bond donors (Lipinski definition) is 1. The monoisotopic (exact) mass is 352 g/mol. The van der Waals surface area contributed by atoms with E-state index in [2.05, 4.69) is 10.5 Å². The molecule has 0 fully saturated rings. The number of benzene rings is 2. The molecule has 2 aromatic rings. The summed E-state index contributed by atoms with van der Waals surface area (Å²) in [7, 11) is 0. The summed E-state index contributed by atoms with van der Waals surface area (Å²) in [5, 5.41) is 5.25. The van der Waals surface area contributed by atoms with E-state index in [-0.39, 0.29) is 5.91 Å². The summed E-state index contributed by atoms with van der Waals surface area (Å²) in [5.74, 6) is 0.846. The molecule has 0 bridgehead atoms. The van der Waals surface area contributed by atoms with Crippen molar-refractivity contribution in [1.29, 1.82) is 0 Å². The third kappa shape index (κ3) is 5.72. The zero-order chi connectivity index (χ0) is 15.8. The van der Waals surface area contributed by atoms with Gasteiger partial charge in [-0.25, -0.2) is 5.43 Å².